The molecule has 0 bridgehead atoms. The molecule has 0 unspecified atom stereocenters. The Kier molecular flexibility index (Phi) is 7.28. The van der Waals surface area contributed by atoms with Crippen LogP contribution in [0.25, 0.3) is 0 Å². The fourth-order valence-corrected chi connectivity index (χ4v) is 2.74. The molecule has 0 saturated carbocycles. The van der Waals surface area contributed by atoms with Gasteiger partial charge < -0.3 is 5.32 Å². The predicted molar refractivity (Wildman–Crippen MR) is 82.5 cm³/mol. The molecule has 1 rings (SSSR count). The molecule has 0 amide bonds. The van der Waals surface area contributed by atoms with E-state index in [2.05, 4.69) is 22.2 Å². The van der Waals surface area contributed by atoms with Crippen LogP contribution in [0.2, 0.25) is 0 Å². The van der Waals surface area contributed by atoms with Crippen LogP contribution >= 0.6 is 11.8 Å². The Bertz CT molecular complexity index is 454. The number of hydrogen-bond donors (Lipinski definition) is 1. The first-order chi connectivity index (χ1) is 9.60. The maximum atomic E-state index is 11.1. The SMILES string of the molecule is CCCCCSc1nc(NCCC)nc(C)c1[N+](=O)[O-]. The van der Waals surface area contributed by atoms with E-state index in [0.717, 1.165) is 38.0 Å². The van der Waals surface area contributed by atoms with Crippen molar-refractivity contribution in [3.05, 3.63) is 15.8 Å². The maximum absolute atomic E-state index is 11.1. The van der Waals surface area contributed by atoms with E-state index in [1.165, 1.54) is 11.8 Å². The fraction of sp³-hybridized carbons (Fsp3) is 0.692. The minimum absolute atomic E-state index is 0.0357. The zero-order valence-electron chi connectivity index (χ0n) is 12.3. The van der Waals surface area contributed by atoms with E-state index in [4.69, 9.17) is 0 Å². The van der Waals surface area contributed by atoms with Crippen LogP contribution in [-0.4, -0.2) is 27.2 Å². The monoisotopic (exact) mass is 298 g/mol. The lowest BCUT2D eigenvalue weighted by molar-refractivity contribution is -0.389. The molecular weight excluding hydrogens is 276 g/mol. The van der Waals surface area contributed by atoms with Crippen LogP contribution in [-0.2, 0) is 0 Å². The first-order valence-electron chi connectivity index (χ1n) is 6.99. The number of nitro groups is 1. The third-order valence-corrected chi connectivity index (χ3v) is 3.78. The third kappa shape index (κ3) is 4.96. The summed E-state index contributed by atoms with van der Waals surface area (Å²) in [6.07, 6.45) is 4.26. The van der Waals surface area contributed by atoms with Crippen molar-refractivity contribution in [3.8, 4) is 0 Å². The topological polar surface area (TPSA) is 81.0 Å². The van der Waals surface area contributed by atoms with Crippen LogP contribution in [0.5, 0.6) is 0 Å². The van der Waals surface area contributed by atoms with Gasteiger partial charge in [0.2, 0.25) is 5.95 Å². The highest BCUT2D eigenvalue weighted by Crippen LogP contribution is 2.31. The van der Waals surface area contributed by atoms with Crippen molar-refractivity contribution in [1.82, 2.24) is 9.97 Å². The lowest BCUT2D eigenvalue weighted by atomic mass is 10.3. The number of nitrogens with one attached hydrogen (secondary N) is 1. The minimum atomic E-state index is -0.388. The Morgan fingerprint density at radius 3 is 2.60 bits per heavy atom. The van der Waals surface area contributed by atoms with E-state index >= 15 is 0 Å². The smallest absolute Gasteiger partial charge is 0.322 e. The molecule has 112 valence electrons. The molecule has 0 spiro atoms. The van der Waals surface area contributed by atoms with Crippen molar-refractivity contribution in [2.24, 2.45) is 0 Å². The van der Waals surface area contributed by atoms with Crippen molar-refractivity contribution in [3.63, 3.8) is 0 Å². The molecule has 0 saturated heterocycles. The second kappa shape index (κ2) is 8.73. The largest absolute Gasteiger partial charge is 0.354 e. The Morgan fingerprint density at radius 1 is 1.25 bits per heavy atom. The van der Waals surface area contributed by atoms with Crippen molar-refractivity contribution in [1.29, 1.82) is 0 Å². The van der Waals surface area contributed by atoms with Gasteiger partial charge in [-0.05, 0) is 25.5 Å². The van der Waals surface area contributed by atoms with Crippen LogP contribution in [0.4, 0.5) is 11.6 Å². The molecule has 0 atom stereocenters. The lowest BCUT2D eigenvalue weighted by Gasteiger charge is -2.08. The average Bonchev–Trinajstić information content (AvgIpc) is 2.40. The van der Waals surface area contributed by atoms with Gasteiger partial charge in [-0.3, -0.25) is 10.1 Å². The summed E-state index contributed by atoms with van der Waals surface area (Å²) in [5.41, 5.74) is 0.454. The normalized spacial score (nSPS) is 10.6. The number of aromatic nitrogens is 2. The first kappa shape index (κ1) is 16.7. The molecular formula is C13H22N4O2S. The van der Waals surface area contributed by atoms with Gasteiger partial charge in [-0.25, -0.2) is 4.98 Å². The molecule has 7 heteroatoms. The summed E-state index contributed by atoms with van der Waals surface area (Å²) in [5.74, 6) is 1.33. The van der Waals surface area contributed by atoms with Crippen LogP contribution in [0.15, 0.2) is 5.03 Å². The molecule has 1 aromatic heterocycles. The van der Waals surface area contributed by atoms with Gasteiger partial charge >= 0.3 is 5.69 Å². The molecule has 1 heterocycles. The van der Waals surface area contributed by atoms with Gasteiger partial charge in [0.05, 0.1) is 4.92 Å². The summed E-state index contributed by atoms with van der Waals surface area (Å²) >= 11 is 1.44. The Balaban J connectivity index is 2.90. The molecule has 0 aliphatic heterocycles. The van der Waals surface area contributed by atoms with Gasteiger partial charge in [0.1, 0.15) is 5.69 Å². The molecule has 0 fully saturated rings. The molecule has 1 aromatic rings. The summed E-state index contributed by atoms with van der Waals surface area (Å²) in [7, 11) is 0. The van der Waals surface area contributed by atoms with Crippen LogP contribution in [0.1, 0.15) is 45.2 Å². The standard InChI is InChI=1S/C13H22N4O2S/c1-4-6-7-9-20-12-11(17(18)19)10(3)15-13(16-12)14-8-5-2/h4-9H2,1-3H3,(H,14,15,16). The van der Waals surface area contributed by atoms with Gasteiger partial charge in [-0.15, -0.1) is 0 Å². The van der Waals surface area contributed by atoms with E-state index in [1.54, 1.807) is 6.92 Å². The van der Waals surface area contributed by atoms with Gasteiger partial charge in [0, 0.05) is 6.54 Å². The zero-order chi connectivity index (χ0) is 15.0. The zero-order valence-corrected chi connectivity index (χ0v) is 13.1. The minimum Gasteiger partial charge on any atom is -0.354 e. The van der Waals surface area contributed by atoms with E-state index in [9.17, 15) is 10.1 Å². The summed E-state index contributed by atoms with van der Waals surface area (Å²) in [6.45, 7) is 6.60. The van der Waals surface area contributed by atoms with E-state index in [-0.39, 0.29) is 10.6 Å². The molecule has 0 aromatic carbocycles. The first-order valence-corrected chi connectivity index (χ1v) is 7.98. The highest BCUT2D eigenvalue weighted by Gasteiger charge is 2.22. The van der Waals surface area contributed by atoms with Crippen LogP contribution < -0.4 is 5.32 Å². The fourth-order valence-electron chi connectivity index (χ4n) is 1.69. The Morgan fingerprint density at radius 2 is 2.00 bits per heavy atom. The van der Waals surface area contributed by atoms with Gasteiger partial charge in [-0.2, -0.15) is 4.98 Å². The van der Waals surface area contributed by atoms with Gasteiger partial charge in [0.15, 0.2) is 5.03 Å². The quantitative estimate of drug-likeness (QED) is 0.245. The summed E-state index contributed by atoms with van der Waals surface area (Å²) in [6, 6.07) is 0. The highest BCUT2D eigenvalue weighted by atomic mass is 32.2. The van der Waals surface area contributed by atoms with E-state index in [0.29, 0.717) is 16.7 Å². The predicted octanol–water partition coefficient (Wildman–Crippen LogP) is 3.80. The molecule has 6 nitrogen and oxygen atoms in total. The van der Waals surface area contributed by atoms with Crippen molar-refractivity contribution < 1.29 is 4.92 Å². The summed E-state index contributed by atoms with van der Waals surface area (Å²) < 4.78 is 0. The number of anilines is 1. The van der Waals surface area contributed by atoms with E-state index in [1.807, 2.05) is 6.92 Å². The number of hydrogen-bond acceptors (Lipinski definition) is 6. The second-order valence-electron chi connectivity index (χ2n) is 4.53. The number of rotatable bonds is 9. The highest BCUT2D eigenvalue weighted by molar-refractivity contribution is 7.99. The van der Waals surface area contributed by atoms with E-state index < -0.39 is 0 Å². The van der Waals surface area contributed by atoms with Crippen LogP contribution in [0, 0.1) is 17.0 Å². The van der Waals surface area contributed by atoms with Crippen LogP contribution in [0.3, 0.4) is 0 Å². The molecule has 1 N–H and O–H groups in total. The van der Waals surface area contributed by atoms with Crippen molar-refractivity contribution >= 4 is 23.4 Å². The van der Waals surface area contributed by atoms with Crippen molar-refractivity contribution in [2.75, 3.05) is 17.6 Å². The number of nitrogens with zero attached hydrogens (tertiary/aromatic N) is 3. The van der Waals surface area contributed by atoms with Crippen molar-refractivity contribution in [2.45, 2.75) is 51.5 Å². The lowest BCUT2D eigenvalue weighted by Crippen LogP contribution is -2.08. The molecule has 0 radical (unpaired) electrons. The van der Waals surface area contributed by atoms with Gasteiger partial charge in [0.25, 0.3) is 0 Å². The average molecular weight is 298 g/mol. The molecule has 0 aliphatic carbocycles. The second-order valence-corrected chi connectivity index (χ2v) is 5.61. The molecule has 20 heavy (non-hydrogen) atoms. The number of aryl methyl sites for hydroxylation is 1. The Labute approximate surface area is 123 Å². The number of thioether (sulfide) groups is 1. The molecule has 0 aliphatic rings. The summed E-state index contributed by atoms with van der Waals surface area (Å²) in [5, 5.41) is 14.7. The Hall–Kier alpha value is -1.37. The summed E-state index contributed by atoms with van der Waals surface area (Å²) in [4.78, 5) is 19.2. The van der Waals surface area contributed by atoms with Gasteiger partial charge in [-0.1, -0.05) is 38.5 Å². The third-order valence-electron chi connectivity index (χ3n) is 2.73. The number of unbranched alkanes of at least 4 members (excludes halogenated alkanes) is 2. The maximum Gasteiger partial charge on any atom is 0.322 e.